The van der Waals surface area contributed by atoms with Crippen molar-refractivity contribution in [2.24, 2.45) is 5.92 Å². The van der Waals surface area contributed by atoms with Crippen molar-refractivity contribution in [3.63, 3.8) is 0 Å². The molecule has 9 heteroatoms. The Hall–Kier alpha value is -2.81. The van der Waals surface area contributed by atoms with Crippen molar-refractivity contribution in [2.45, 2.75) is 52.4 Å². The quantitative estimate of drug-likeness (QED) is 0.481. The van der Waals surface area contributed by atoms with E-state index in [9.17, 15) is 13.6 Å². The first-order valence-corrected chi connectivity index (χ1v) is 13.2. The molecule has 1 N–H and O–H groups in total. The number of halogens is 2. The topological polar surface area (TPSA) is 61.4 Å². The minimum Gasteiger partial charge on any atom is -0.352 e. The van der Waals surface area contributed by atoms with E-state index in [-0.39, 0.29) is 17.6 Å². The highest BCUT2D eigenvalue weighted by Gasteiger charge is 2.29. The molecule has 2 amide bonds. The molecule has 35 heavy (non-hydrogen) atoms. The number of nitrogens with one attached hydrogen (secondary N) is 1. The van der Waals surface area contributed by atoms with Crippen LogP contribution in [0.4, 0.5) is 25.1 Å². The van der Waals surface area contributed by atoms with Crippen LogP contribution in [0, 0.1) is 17.6 Å². The molecule has 0 radical (unpaired) electrons. The number of aromatic nitrogens is 2. The number of urea groups is 1. The van der Waals surface area contributed by atoms with Crippen molar-refractivity contribution in [3.05, 3.63) is 46.1 Å². The molecule has 0 saturated carbocycles. The summed E-state index contributed by atoms with van der Waals surface area (Å²) in [6, 6.07) is 3.06. The second kappa shape index (κ2) is 9.68. The molecule has 6 nitrogen and oxygen atoms in total. The van der Waals surface area contributed by atoms with E-state index in [4.69, 9.17) is 9.97 Å². The van der Waals surface area contributed by atoms with Crippen LogP contribution < -0.4 is 10.2 Å². The zero-order valence-electron chi connectivity index (χ0n) is 20.4. The third-order valence-corrected chi connectivity index (χ3v) is 8.39. The molecule has 1 fully saturated rings. The molecular weight excluding hydrogens is 468 g/mol. The van der Waals surface area contributed by atoms with E-state index in [0.717, 1.165) is 47.9 Å². The number of rotatable bonds is 4. The summed E-state index contributed by atoms with van der Waals surface area (Å²) in [7, 11) is 0. The fraction of sp³-hybridized carbons (Fsp3) is 0.500. The summed E-state index contributed by atoms with van der Waals surface area (Å²) < 4.78 is 26.7. The van der Waals surface area contributed by atoms with Gasteiger partial charge in [-0.1, -0.05) is 20.8 Å². The Bertz CT molecular complexity index is 1250. The number of nitrogens with zero attached hydrogens (tertiary/aromatic N) is 4. The normalized spacial score (nSPS) is 19.1. The first-order valence-electron chi connectivity index (χ1n) is 12.4. The number of carbonyl (C=O) groups is 1. The molecule has 1 aromatic carbocycles. The van der Waals surface area contributed by atoms with Gasteiger partial charge in [0.15, 0.2) is 11.6 Å². The lowest BCUT2D eigenvalue weighted by molar-refractivity contribution is 0.208. The molecule has 3 heterocycles. The maximum absolute atomic E-state index is 13.5. The van der Waals surface area contributed by atoms with Crippen molar-refractivity contribution in [2.75, 3.05) is 36.4 Å². The number of piperazine rings is 1. The van der Waals surface area contributed by atoms with Crippen LogP contribution in [-0.4, -0.2) is 47.1 Å². The number of fused-ring (bicyclic) bond motifs is 3. The zero-order chi connectivity index (χ0) is 24.7. The summed E-state index contributed by atoms with van der Waals surface area (Å²) >= 11 is 1.82. The molecule has 1 saturated heterocycles. The zero-order valence-corrected chi connectivity index (χ0v) is 21.2. The van der Waals surface area contributed by atoms with E-state index in [2.05, 4.69) is 31.0 Å². The standard InChI is InChI=1S/C26H31F2N5OS/c1-4-16(3)23-30-24(22-18-7-5-15(2)13-21(18)35-25(22)31-23)32-9-11-33(12-10-32)26(34)29-17-6-8-19(27)20(28)14-17/h6,8,14-16H,4-5,7,9-13H2,1-3H3,(H,29,34). The summed E-state index contributed by atoms with van der Waals surface area (Å²) in [5.41, 5.74) is 1.65. The van der Waals surface area contributed by atoms with Gasteiger partial charge in [-0.3, -0.25) is 0 Å². The summed E-state index contributed by atoms with van der Waals surface area (Å²) in [5, 5.41) is 3.87. The van der Waals surface area contributed by atoms with E-state index in [0.29, 0.717) is 32.1 Å². The largest absolute Gasteiger partial charge is 0.352 e. The van der Waals surface area contributed by atoms with E-state index in [1.807, 2.05) is 11.3 Å². The van der Waals surface area contributed by atoms with Crippen LogP contribution in [0.15, 0.2) is 18.2 Å². The van der Waals surface area contributed by atoms with Gasteiger partial charge in [-0.2, -0.15) is 0 Å². The fourth-order valence-electron chi connectivity index (χ4n) is 4.87. The number of thiophene rings is 1. The van der Waals surface area contributed by atoms with Gasteiger partial charge in [0.1, 0.15) is 16.5 Å². The van der Waals surface area contributed by atoms with E-state index < -0.39 is 11.6 Å². The predicted octanol–water partition coefficient (Wildman–Crippen LogP) is 5.96. The minimum atomic E-state index is -0.981. The van der Waals surface area contributed by atoms with Gasteiger partial charge in [0.05, 0.1) is 5.39 Å². The van der Waals surface area contributed by atoms with Gasteiger partial charge < -0.3 is 15.1 Å². The average Bonchev–Trinajstić information content (AvgIpc) is 3.22. The van der Waals surface area contributed by atoms with Crippen molar-refractivity contribution in [1.82, 2.24) is 14.9 Å². The second-order valence-corrected chi connectivity index (χ2v) is 10.9. The van der Waals surface area contributed by atoms with E-state index in [1.165, 1.54) is 28.3 Å². The Morgan fingerprint density at radius 1 is 1.20 bits per heavy atom. The van der Waals surface area contributed by atoms with Gasteiger partial charge in [0.25, 0.3) is 0 Å². The average molecular weight is 500 g/mol. The summed E-state index contributed by atoms with van der Waals surface area (Å²) in [6.45, 7) is 8.97. The molecule has 2 aromatic heterocycles. The molecule has 1 aliphatic heterocycles. The van der Waals surface area contributed by atoms with Crippen molar-refractivity contribution in [1.29, 1.82) is 0 Å². The first kappa shape index (κ1) is 23.9. The SMILES string of the molecule is CCC(C)c1nc(N2CCN(C(=O)Nc3ccc(F)c(F)c3)CC2)c2c3c(sc2n1)CC(C)CC3. The summed E-state index contributed by atoms with van der Waals surface area (Å²) in [6.07, 6.45) is 4.33. The van der Waals surface area contributed by atoms with Gasteiger partial charge in [0.2, 0.25) is 0 Å². The van der Waals surface area contributed by atoms with E-state index in [1.54, 1.807) is 4.90 Å². The molecule has 1 aliphatic carbocycles. The third kappa shape index (κ3) is 4.70. The van der Waals surface area contributed by atoms with Gasteiger partial charge in [0, 0.05) is 48.7 Å². The first-order chi connectivity index (χ1) is 16.8. The van der Waals surface area contributed by atoms with Crippen LogP contribution in [0.1, 0.15) is 55.8 Å². The molecule has 2 atom stereocenters. The number of anilines is 2. The molecule has 2 unspecified atom stereocenters. The van der Waals surface area contributed by atoms with Crippen LogP contribution in [0.2, 0.25) is 0 Å². The van der Waals surface area contributed by atoms with Crippen LogP contribution in [0.3, 0.4) is 0 Å². The lowest BCUT2D eigenvalue weighted by atomic mass is 9.89. The van der Waals surface area contributed by atoms with Crippen LogP contribution in [0.25, 0.3) is 10.2 Å². The molecule has 3 aromatic rings. The summed E-state index contributed by atoms with van der Waals surface area (Å²) in [4.78, 5) is 29.3. The number of aryl methyl sites for hydroxylation is 1. The third-order valence-electron chi connectivity index (χ3n) is 7.24. The second-order valence-electron chi connectivity index (χ2n) is 9.78. The molecule has 0 bridgehead atoms. The minimum absolute atomic E-state index is 0.242. The Morgan fingerprint density at radius 3 is 2.69 bits per heavy atom. The monoisotopic (exact) mass is 499 g/mol. The Kier molecular flexibility index (Phi) is 6.61. The number of hydrogen-bond donors (Lipinski definition) is 1. The van der Waals surface area contributed by atoms with Crippen molar-refractivity contribution < 1.29 is 13.6 Å². The van der Waals surface area contributed by atoms with Crippen molar-refractivity contribution >= 4 is 39.1 Å². The maximum atomic E-state index is 13.5. The van der Waals surface area contributed by atoms with E-state index >= 15 is 0 Å². The highest BCUT2D eigenvalue weighted by Crippen LogP contribution is 2.42. The van der Waals surface area contributed by atoms with Gasteiger partial charge in [-0.05, 0) is 49.3 Å². The lowest BCUT2D eigenvalue weighted by Gasteiger charge is -2.36. The van der Waals surface area contributed by atoms with Crippen LogP contribution in [-0.2, 0) is 12.8 Å². The number of hydrogen-bond acceptors (Lipinski definition) is 5. The molecular formula is C26H31F2N5OS. The van der Waals surface area contributed by atoms with Crippen molar-refractivity contribution in [3.8, 4) is 0 Å². The maximum Gasteiger partial charge on any atom is 0.321 e. The Balaban J connectivity index is 1.38. The van der Waals surface area contributed by atoms with Gasteiger partial charge in [-0.25, -0.2) is 23.5 Å². The van der Waals surface area contributed by atoms with Gasteiger partial charge >= 0.3 is 6.03 Å². The van der Waals surface area contributed by atoms with Crippen LogP contribution >= 0.6 is 11.3 Å². The Labute approximate surface area is 208 Å². The summed E-state index contributed by atoms with van der Waals surface area (Å²) in [5.74, 6) is 0.941. The molecule has 186 valence electrons. The lowest BCUT2D eigenvalue weighted by Crippen LogP contribution is -2.50. The fourth-order valence-corrected chi connectivity index (χ4v) is 6.25. The smallest absolute Gasteiger partial charge is 0.321 e. The number of amides is 2. The van der Waals surface area contributed by atoms with Gasteiger partial charge in [-0.15, -0.1) is 11.3 Å². The number of carbonyl (C=O) groups excluding carboxylic acids is 1. The highest BCUT2D eigenvalue weighted by molar-refractivity contribution is 7.19. The Morgan fingerprint density at radius 2 is 1.97 bits per heavy atom. The highest BCUT2D eigenvalue weighted by atomic mass is 32.1. The molecule has 0 spiro atoms. The van der Waals surface area contributed by atoms with Crippen LogP contribution in [0.5, 0.6) is 0 Å². The predicted molar refractivity (Wildman–Crippen MR) is 136 cm³/mol. The molecule has 5 rings (SSSR count). The molecule has 2 aliphatic rings. The number of benzene rings is 1.